The maximum Gasteiger partial charge on any atom is 0.360 e. The van der Waals surface area contributed by atoms with Gasteiger partial charge in [0.25, 0.3) is 17.4 Å². The Morgan fingerprint density at radius 3 is 1.28 bits per heavy atom. The second kappa shape index (κ2) is 4.15. The minimum Gasteiger partial charge on any atom is -0.497 e. The molecule has 0 bridgehead atoms. The summed E-state index contributed by atoms with van der Waals surface area (Å²) in [5, 5.41) is 40.0. The van der Waals surface area contributed by atoms with Crippen molar-refractivity contribution in [3.8, 4) is 5.75 Å². The molecule has 0 unspecified atom stereocenters. The van der Waals surface area contributed by atoms with Crippen molar-refractivity contribution in [1.29, 1.82) is 0 Å². The van der Waals surface area contributed by atoms with E-state index in [0.717, 1.165) is 0 Å². The van der Waals surface area contributed by atoms with E-state index in [1.54, 1.807) is 0 Å². The monoisotopic (exact) mass is 265 g/mol. The molecule has 1 aromatic rings. The zero-order chi connectivity index (χ0) is 14.2. The van der Waals surface area contributed by atoms with Gasteiger partial charge in [0.15, 0.2) is 0 Å². The molecule has 1 aromatic carbocycles. The van der Waals surface area contributed by atoms with Crippen molar-refractivity contribution >= 4 is 17.1 Å². The van der Waals surface area contributed by atoms with Gasteiger partial charge in [0.1, 0.15) is 0 Å². The Hall–Kier alpha value is -2.92. The Labute approximate surface area is 94.5 Å². The summed E-state index contributed by atoms with van der Waals surface area (Å²) in [6.45, 7) is 0. The van der Waals surface area contributed by atoms with Crippen LogP contribution in [0.15, 0.2) is 0 Å². The van der Waals surface area contributed by atoms with E-state index >= 15 is 0 Å². The highest BCUT2D eigenvalue weighted by atomic mass is 19.1. The predicted octanol–water partition coefficient (Wildman–Crippen LogP) is 1.40. The predicted molar refractivity (Wildman–Crippen MR) is 48.0 cm³/mol. The van der Waals surface area contributed by atoms with Gasteiger partial charge in [-0.05, 0) is 0 Å². The zero-order valence-electron chi connectivity index (χ0n) is 7.99. The average Bonchev–Trinajstić information content (AvgIpc) is 2.14. The van der Waals surface area contributed by atoms with Crippen molar-refractivity contribution in [2.45, 2.75) is 0 Å². The van der Waals surface area contributed by atoms with Crippen molar-refractivity contribution < 1.29 is 28.7 Å². The molecule has 0 aromatic heterocycles. The van der Waals surface area contributed by atoms with Crippen LogP contribution in [0.2, 0.25) is 0 Å². The lowest BCUT2D eigenvalue weighted by Crippen LogP contribution is -2.05. The molecule has 0 aliphatic heterocycles. The maximum atomic E-state index is 13.2. The minimum absolute atomic E-state index is 1.63. The first-order chi connectivity index (χ1) is 8.20. The van der Waals surface area contributed by atoms with Gasteiger partial charge in [-0.3, -0.25) is 30.3 Å². The molecular weight excluding hydrogens is 264 g/mol. The fraction of sp³-hybridized carbons (Fsp3) is 0. The van der Waals surface area contributed by atoms with E-state index in [9.17, 15) is 39.1 Å². The molecule has 18 heavy (non-hydrogen) atoms. The van der Waals surface area contributed by atoms with Crippen LogP contribution in [0.3, 0.4) is 0 Å². The van der Waals surface area contributed by atoms with Crippen molar-refractivity contribution in [3.63, 3.8) is 0 Å². The fourth-order valence-corrected chi connectivity index (χ4v) is 1.13. The first-order valence-corrected chi connectivity index (χ1v) is 3.87. The summed E-state index contributed by atoms with van der Waals surface area (Å²) in [5.74, 6) is -6.53. The smallest absolute Gasteiger partial charge is 0.360 e. The molecule has 10 nitrogen and oxygen atoms in total. The van der Waals surface area contributed by atoms with Gasteiger partial charge >= 0.3 is 17.1 Å². The molecule has 0 heterocycles. The summed E-state index contributed by atoms with van der Waals surface area (Å²) in [6, 6.07) is 0. The van der Waals surface area contributed by atoms with Crippen LogP contribution < -0.4 is 0 Å². The van der Waals surface area contributed by atoms with Gasteiger partial charge in [0.2, 0.25) is 0 Å². The molecule has 1 rings (SSSR count). The van der Waals surface area contributed by atoms with Gasteiger partial charge in [-0.25, -0.2) is 0 Å². The number of rotatable bonds is 3. The van der Waals surface area contributed by atoms with Crippen molar-refractivity contribution in [1.82, 2.24) is 0 Å². The average molecular weight is 265 g/mol. The number of hydrogen-bond acceptors (Lipinski definition) is 7. The van der Waals surface area contributed by atoms with Crippen LogP contribution in [-0.2, 0) is 0 Å². The maximum absolute atomic E-state index is 13.2. The lowest BCUT2D eigenvalue weighted by molar-refractivity contribution is -0.411. The summed E-state index contributed by atoms with van der Waals surface area (Å²) in [4.78, 5) is 26.0. The first-order valence-electron chi connectivity index (χ1n) is 3.87. The lowest BCUT2D eigenvalue weighted by atomic mass is 10.2. The number of nitrogens with zero attached hydrogens (tertiary/aromatic N) is 3. The molecule has 96 valence electrons. The standard InChI is InChI=1S/C6HF2N3O7/c7-1-3(9(13)14)2(8)5(11(17)18)6(12)4(1)10(15)16/h12H. The number of nitro groups is 3. The molecule has 1 N–H and O–H groups in total. The first kappa shape index (κ1) is 13.1. The number of phenols is 1. The van der Waals surface area contributed by atoms with E-state index in [4.69, 9.17) is 5.11 Å². The van der Waals surface area contributed by atoms with E-state index in [1.807, 2.05) is 0 Å². The second-order valence-electron chi connectivity index (χ2n) is 2.79. The molecule has 0 saturated carbocycles. The van der Waals surface area contributed by atoms with E-state index in [0.29, 0.717) is 0 Å². The van der Waals surface area contributed by atoms with Crippen LogP contribution in [0.25, 0.3) is 0 Å². The molecule has 0 radical (unpaired) electrons. The summed E-state index contributed by atoms with van der Waals surface area (Å²) < 4.78 is 26.5. The number of nitro benzene ring substituents is 3. The Bertz CT molecular complexity index is 485. The van der Waals surface area contributed by atoms with Crippen LogP contribution >= 0.6 is 0 Å². The molecule has 0 aliphatic rings. The third kappa shape index (κ3) is 1.74. The number of benzene rings is 1. The molecular formula is C6HF2N3O7. The second-order valence-corrected chi connectivity index (χ2v) is 2.79. The number of hydrogen-bond donors (Lipinski definition) is 1. The molecule has 0 aliphatic carbocycles. The van der Waals surface area contributed by atoms with Gasteiger partial charge < -0.3 is 5.11 Å². The molecule has 0 amide bonds. The Balaban J connectivity index is 3.94. The van der Waals surface area contributed by atoms with Gasteiger partial charge in [0.05, 0.1) is 14.8 Å². The number of halogens is 2. The van der Waals surface area contributed by atoms with E-state index < -0.39 is 49.2 Å². The Morgan fingerprint density at radius 2 is 1.06 bits per heavy atom. The van der Waals surface area contributed by atoms with Crippen LogP contribution in [0.5, 0.6) is 5.75 Å². The normalized spacial score (nSPS) is 10.1. The summed E-state index contributed by atoms with van der Waals surface area (Å²) in [5.41, 5.74) is -5.95. The van der Waals surface area contributed by atoms with Crippen molar-refractivity contribution in [3.05, 3.63) is 42.0 Å². The third-order valence-electron chi connectivity index (χ3n) is 1.83. The summed E-state index contributed by atoms with van der Waals surface area (Å²) in [6.07, 6.45) is 0. The lowest BCUT2D eigenvalue weighted by Gasteiger charge is -2.01. The topological polar surface area (TPSA) is 150 Å². The van der Waals surface area contributed by atoms with Gasteiger partial charge in [-0.1, -0.05) is 0 Å². The summed E-state index contributed by atoms with van der Waals surface area (Å²) in [7, 11) is 0. The van der Waals surface area contributed by atoms with Crippen molar-refractivity contribution in [2.75, 3.05) is 0 Å². The van der Waals surface area contributed by atoms with Crippen LogP contribution in [0, 0.1) is 42.0 Å². The van der Waals surface area contributed by atoms with E-state index in [1.165, 1.54) is 0 Å². The molecule has 0 fully saturated rings. The van der Waals surface area contributed by atoms with Crippen molar-refractivity contribution in [2.24, 2.45) is 0 Å². The van der Waals surface area contributed by atoms with Crippen LogP contribution in [-0.4, -0.2) is 19.9 Å². The summed E-state index contributed by atoms with van der Waals surface area (Å²) >= 11 is 0. The van der Waals surface area contributed by atoms with E-state index in [-0.39, 0.29) is 0 Å². The highest BCUT2D eigenvalue weighted by Crippen LogP contribution is 2.44. The SMILES string of the molecule is O=[N+]([O-])c1c(O)c([N+](=O)[O-])c(F)c([N+](=O)[O-])c1F. The van der Waals surface area contributed by atoms with Crippen LogP contribution in [0.1, 0.15) is 0 Å². The quantitative estimate of drug-likeness (QED) is 0.640. The van der Waals surface area contributed by atoms with Gasteiger partial charge in [0, 0.05) is 0 Å². The largest absolute Gasteiger partial charge is 0.497 e. The Morgan fingerprint density at radius 1 is 0.778 bits per heavy atom. The zero-order valence-corrected chi connectivity index (χ0v) is 7.99. The highest BCUT2D eigenvalue weighted by Gasteiger charge is 2.43. The number of phenolic OH excluding ortho intramolecular Hbond substituents is 1. The molecule has 12 heteroatoms. The minimum atomic E-state index is -2.30. The fourth-order valence-electron chi connectivity index (χ4n) is 1.13. The highest BCUT2D eigenvalue weighted by molar-refractivity contribution is 5.67. The van der Waals surface area contributed by atoms with E-state index in [2.05, 4.69) is 0 Å². The molecule has 0 spiro atoms. The van der Waals surface area contributed by atoms with Crippen LogP contribution in [0.4, 0.5) is 25.8 Å². The number of aromatic hydroxyl groups is 1. The third-order valence-corrected chi connectivity index (χ3v) is 1.83. The molecule has 0 saturated heterocycles. The van der Waals surface area contributed by atoms with Gasteiger partial charge in [-0.2, -0.15) is 8.78 Å². The Kier molecular flexibility index (Phi) is 3.03. The molecule has 0 atom stereocenters. The van der Waals surface area contributed by atoms with Gasteiger partial charge in [-0.15, -0.1) is 0 Å².